The van der Waals surface area contributed by atoms with Crippen molar-refractivity contribution in [3.05, 3.63) is 41.7 Å². The number of nitrogens with two attached hydrogens (primary N) is 1. The van der Waals surface area contributed by atoms with E-state index in [-0.39, 0.29) is 5.69 Å². The number of hydrogen-bond donors (Lipinski definition) is 2. The zero-order valence-corrected chi connectivity index (χ0v) is 11.8. The van der Waals surface area contributed by atoms with Gasteiger partial charge in [0, 0.05) is 18.4 Å². The molecular formula is C14H16N4O3. The smallest absolute Gasteiger partial charge is 0.337 e. The average molecular weight is 288 g/mol. The van der Waals surface area contributed by atoms with Gasteiger partial charge in [-0.3, -0.25) is 9.48 Å². The Morgan fingerprint density at radius 3 is 2.52 bits per heavy atom. The van der Waals surface area contributed by atoms with Gasteiger partial charge in [0.05, 0.1) is 18.4 Å². The predicted molar refractivity (Wildman–Crippen MR) is 78.0 cm³/mol. The van der Waals surface area contributed by atoms with Crippen LogP contribution in [-0.4, -0.2) is 28.8 Å². The summed E-state index contributed by atoms with van der Waals surface area (Å²) in [7, 11) is 1.31. The van der Waals surface area contributed by atoms with E-state index in [1.807, 2.05) is 6.92 Å². The number of carbonyl (C=O) groups excluding carboxylic acids is 2. The van der Waals surface area contributed by atoms with E-state index in [4.69, 9.17) is 5.73 Å². The van der Waals surface area contributed by atoms with Crippen LogP contribution >= 0.6 is 0 Å². The molecule has 1 amide bonds. The van der Waals surface area contributed by atoms with E-state index in [1.165, 1.54) is 7.11 Å². The summed E-state index contributed by atoms with van der Waals surface area (Å²) in [6.07, 6.45) is 1.61. The molecule has 3 N–H and O–H groups in total. The third kappa shape index (κ3) is 3.19. The Morgan fingerprint density at radius 1 is 1.33 bits per heavy atom. The van der Waals surface area contributed by atoms with Crippen molar-refractivity contribution in [2.75, 3.05) is 18.2 Å². The molecule has 0 bridgehead atoms. The molecule has 2 aromatic rings. The minimum absolute atomic E-state index is 0.175. The number of esters is 1. The molecule has 0 radical (unpaired) electrons. The number of carbonyl (C=O) groups is 2. The molecule has 0 aliphatic rings. The van der Waals surface area contributed by atoms with E-state index in [0.29, 0.717) is 23.5 Å². The fraction of sp³-hybridized carbons (Fsp3) is 0.214. The highest BCUT2D eigenvalue weighted by Gasteiger charge is 2.15. The summed E-state index contributed by atoms with van der Waals surface area (Å²) in [4.78, 5) is 23.4. The van der Waals surface area contributed by atoms with Gasteiger partial charge in [-0.1, -0.05) is 0 Å². The molecule has 0 aliphatic carbocycles. The number of methoxy groups -OCH3 is 1. The van der Waals surface area contributed by atoms with Crippen LogP contribution in [0.25, 0.3) is 0 Å². The monoisotopic (exact) mass is 288 g/mol. The Hall–Kier alpha value is -2.83. The fourth-order valence-corrected chi connectivity index (χ4v) is 1.77. The third-order valence-electron chi connectivity index (χ3n) is 2.89. The van der Waals surface area contributed by atoms with Crippen LogP contribution in [0.4, 0.5) is 11.4 Å². The minimum Gasteiger partial charge on any atom is -0.465 e. The van der Waals surface area contributed by atoms with Crippen molar-refractivity contribution in [2.45, 2.75) is 13.5 Å². The highest BCUT2D eigenvalue weighted by atomic mass is 16.5. The lowest BCUT2D eigenvalue weighted by Crippen LogP contribution is -2.15. The average Bonchev–Trinajstić information content (AvgIpc) is 2.88. The van der Waals surface area contributed by atoms with E-state index in [9.17, 15) is 9.59 Å². The highest BCUT2D eigenvalue weighted by molar-refractivity contribution is 6.06. The maximum absolute atomic E-state index is 12.1. The summed E-state index contributed by atoms with van der Waals surface area (Å²) in [6, 6.07) is 6.35. The van der Waals surface area contributed by atoms with Gasteiger partial charge >= 0.3 is 5.97 Å². The number of amides is 1. The Labute approximate surface area is 121 Å². The molecule has 1 aromatic heterocycles. The number of hydrogen-bond acceptors (Lipinski definition) is 5. The number of nitrogen functional groups attached to an aromatic ring is 1. The second-order valence-electron chi connectivity index (χ2n) is 4.31. The minimum atomic E-state index is -0.432. The summed E-state index contributed by atoms with van der Waals surface area (Å²) in [5.41, 5.74) is 7.19. The van der Waals surface area contributed by atoms with Crippen LogP contribution in [0.3, 0.4) is 0 Å². The first-order valence-corrected chi connectivity index (χ1v) is 6.37. The second-order valence-corrected chi connectivity index (χ2v) is 4.31. The molecule has 110 valence electrons. The molecule has 0 atom stereocenters. The van der Waals surface area contributed by atoms with Crippen molar-refractivity contribution in [3.63, 3.8) is 0 Å². The van der Waals surface area contributed by atoms with Gasteiger partial charge in [-0.25, -0.2) is 4.79 Å². The number of nitrogens with one attached hydrogen (secondary N) is 1. The quantitative estimate of drug-likeness (QED) is 0.831. The van der Waals surface area contributed by atoms with Crippen LogP contribution in [-0.2, 0) is 11.3 Å². The zero-order valence-electron chi connectivity index (χ0n) is 11.8. The number of ether oxygens (including phenoxy) is 1. The van der Waals surface area contributed by atoms with Crippen LogP contribution in [0.1, 0.15) is 27.8 Å². The largest absolute Gasteiger partial charge is 0.465 e. The lowest BCUT2D eigenvalue weighted by atomic mass is 10.2. The second kappa shape index (κ2) is 6.08. The molecular weight excluding hydrogens is 272 g/mol. The standard InChI is InChI=1S/C14H16N4O3/c1-3-18-8-11(15)12(17-18)13(19)16-10-6-4-9(5-7-10)14(20)21-2/h4-8H,3,15H2,1-2H3,(H,16,19). The molecule has 0 spiro atoms. The molecule has 0 unspecified atom stereocenters. The Bertz CT molecular complexity index is 661. The van der Waals surface area contributed by atoms with Gasteiger partial charge in [0.15, 0.2) is 5.69 Å². The maximum atomic E-state index is 12.1. The van der Waals surface area contributed by atoms with Crippen molar-refractivity contribution in [1.82, 2.24) is 9.78 Å². The lowest BCUT2D eigenvalue weighted by Gasteiger charge is -2.05. The summed E-state index contributed by atoms with van der Waals surface area (Å²) in [6.45, 7) is 2.53. The van der Waals surface area contributed by atoms with Gasteiger partial charge in [-0.15, -0.1) is 0 Å². The van der Waals surface area contributed by atoms with E-state index in [1.54, 1.807) is 35.1 Å². The van der Waals surface area contributed by atoms with Crippen LogP contribution in [0.15, 0.2) is 30.5 Å². The van der Waals surface area contributed by atoms with Gasteiger partial charge in [0.1, 0.15) is 0 Å². The van der Waals surface area contributed by atoms with Gasteiger partial charge in [-0.2, -0.15) is 5.10 Å². The molecule has 0 saturated heterocycles. The molecule has 0 fully saturated rings. The Balaban J connectivity index is 2.12. The van der Waals surface area contributed by atoms with Crippen molar-refractivity contribution < 1.29 is 14.3 Å². The van der Waals surface area contributed by atoms with Crippen LogP contribution < -0.4 is 11.1 Å². The SMILES string of the molecule is CCn1cc(N)c(C(=O)Nc2ccc(C(=O)OC)cc2)n1. The molecule has 7 nitrogen and oxygen atoms in total. The summed E-state index contributed by atoms with van der Waals surface area (Å²) in [5, 5.41) is 6.76. The number of aromatic nitrogens is 2. The van der Waals surface area contributed by atoms with Crippen molar-refractivity contribution in [2.24, 2.45) is 0 Å². The van der Waals surface area contributed by atoms with E-state index in [2.05, 4.69) is 15.2 Å². The van der Waals surface area contributed by atoms with Crippen LogP contribution in [0, 0.1) is 0 Å². The van der Waals surface area contributed by atoms with Gasteiger partial charge in [0.25, 0.3) is 5.91 Å². The predicted octanol–water partition coefficient (Wildman–Crippen LogP) is 1.52. The van der Waals surface area contributed by atoms with Crippen LogP contribution in [0.5, 0.6) is 0 Å². The normalized spacial score (nSPS) is 10.2. The number of benzene rings is 1. The van der Waals surface area contributed by atoms with E-state index < -0.39 is 11.9 Å². The van der Waals surface area contributed by atoms with Crippen molar-refractivity contribution in [3.8, 4) is 0 Å². The third-order valence-corrected chi connectivity index (χ3v) is 2.89. The van der Waals surface area contributed by atoms with Crippen molar-refractivity contribution >= 4 is 23.3 Å². The van der Waals surface area contributed by atoms with E-state index in [0.717, 1.165) is 0 Å². The molecule has 0 saturated carbocycles. The molecule has 0 aliphatic heterocycles. The zero-order chi connectivity index (χ0) is 15.4. The number of aryl methyl sites for hydroxylation is 1. The van der Waals surface area contributed by atoms with Gasteiger partial charge < -0.3 is 15.8 Å². The summed E-state index contributed by atoms with van der Waals surface area (Å²) < 4.78 is 6.19. The van der Waals surface area contributed by atoms with E-state index >= 15 is 0 Å². The molecule has 1 heterocycles. The first kappa shape index (κ1) is 14.6. The topological polar surface area (TPSA) is 99.2 Å². The van der Waals surface area contributed by atoms with Crippen LogP contribution in [0.2, 0.25) is 0 Å². The highest BCUT2D eigenvalue weighted by Crippen LogP contribution is 2.14. The molecule has 1 aromatic carbocycles. The Morgan fingerprint density at radius 2 is 2.00 bits per heavy atom. The fourth-order valence-electron chi connectivity index (χ4n) is 1.77. The first-order valence-electron chi connectivity index (χ1n) is 6.37. The number of rotatable bonds is 4. The molecule has 7 heteroatoms. The first-order chi connectivity index (χ1) is 10.0. The molecule has 21 heavy (non-hydrogen) atoms. The van der Waals surface area contributed by atoms with Gasteiger partial charge in [-0.05, 0) is 31.2 Å². The maximum Gasteiger partial charge on any atom is 0.337 e. The summed E-state index contributed by atoms with van der Waals surface area (Å²) in [5.74, 6) is -0.829. The molecule has 2 rings (SSSR count). The van der Waals surface area contributed by atoms with Gasteiger partial charge in [0.2, 0.25) is 0 Å². The number of nitrogens with zero attached hydrogens (tertiary/aromatic N) is 2. The van der Waals surface area contributed by atoms with Crippen molar-refractivity contribution in [1.29, 1.82) is 0 Å². The Kier molecular flexibility index (Phi) is 4.22. The summed E-state index contributed by atoms with van der Waals surface area (Å²) >= 11 is 0. The number of anilines is 2. The lowest BCUT2D eigenvalue weighted by molar-refractivity contribution is 0.0600.